The number of hydrogen-bond acceptors (Lipinski definition) is 5. The molecule has 23 heavy (non-hydrogen) atoms. The monoisotopic (exact) mass is 316 g/mol. The molecule has 1 aromatic rings. The van der Waals surface area contributed by atoms with Crippen molar-refractivity contribution in [2.24, 2.45) is 0 Å². The van der Waals surface area contributed by atoms with Crippen LogP contribution in [-0.4, -0.2) is 55.8 Å². The molecule has 0 saturated carbocycles. The second kappa shape index (κ2) is 5.58. The summed E-state index contributed by atoms with van der Waals surface area (Å²) in [5, 5.41) is 3.43. The molecule has 0 spiro atoms. The maximum atomic E-state index is 12.0. The summed E-state index contributed by atoms with van der Waals surface area (Å²) in [7, 11) is 0. The van der Waals surface area contributed by atoms with E-state index in [0.29, 0.717) is 11.6 Å². The number of morpholine rings is 1. The molecule has 2 fully saturated rings. The number of esters is 1. The minimum absolute atomic E-state index is 0.0529. The lowest BCUT2D eigenvalue weighted by Crippen LogP contribution is -2.61. The number of nitrogens with one attached hydrogen (secondary N) is 1. The first kappa shape index (κ1) is 15.1. The average Bonchev–Trinajstić information content (AvgIpc) is 2.54. The first-order chi connectivity index (χ1) is 11.0. The van der Waals surface area contributed by atoms with E-state index in [9.17, 15) is 4.79 Å². The molecule has 5 nitrogen and oxygen atoms in total. The quantitative estimate of drug-likeness (QED) is 0.792. The van der Waals surface area contributed by atoms with Gasteiger partial charge in [0, 0.05) is 38.6 Å². The van der Waals surface area contributed by atoms with Crippen LogP contribution in [0.4, 0.5) is 0 Å². The fourth-order valence-electron chi connectivity index (χ4n) is 3.95. The van der Waals surface area contributed by atoms with Crippen LogP contribution in [0, 0.1) is 0 Å². The van der Waals surface area contributed by atoms with Crippen LogP contribution < -0.4 is 5.32 Å². The van der Waals surface area contributed by atoms with Gasteiger partial charge in [0.05, 0.1) is 12.2 Å². The smallest absolute Gasteiger partial charge is 0.338 e. The van der Waals surface area contributed by atoms with Crippen molar-refractivity contribution in [1.29, 1.82) is 0 Å². The van der Waals surface area contributed by atoms with E-state index in [4.69, 9.17) is 9.47 Å². The zero-order chi connectivity index (χ0) is 16.0. The molecular weight excluding hydrogens is 292 g/mol. The van der Waals surface area contributed by atoms with Crippen LogP contribution in [0.1, 0.15) is 35.3 Å². The number of piperazine rings is 1. The molecule has 2 saturated heterocycles. The molecule has 0 radical (unpaired) electrons. The van der Waals surface area contributed by atoms with E-state index >= 15 is 0 Å². The topological polar surface area (TPSA) is 50.8 Å². The van der Waals surface area contributed by atoms with Crippen LogP contribution >= 0.6 is 0 Å². The Hall–Kier alpha value is -1.43. The molecule has 0 amide bonds. The van der Waals surface area contributed by atoms with Crippen molar-refractivity contribution in [1.82, 2.24) is 10.2 Å². The number of rotatable bonds is 1. The molecule has 124 valence electrons. The number of carbonyl (C=O) groups is 1. The summed E-state index contributed by atoms with van der Waals surface area (Å²) in [6.07, 6.45) is 0.726. The Balaban J connectivity index is 1.62. The van der Waals surface area contributed by atoms with E-state index < -0.39 is 0 Å². The molecule has 4 rings (SSSR count). The summed E-state index contributed by atoms with van der Waals surface area (Å²) in [6, 6.07) is 6.55. The van der Waals surface area contributed by atoms with Gasteiger partial charge in [-0.1, -0.05) is 12.1 Å². The minimum atomic E-state index is -0.312. The molecule has 3 aliphatic heterocycles. The molecule has 0 aliphatic carbocycles. The Morgan fingerprint density at radius 2 is 2.26 bits per heavy atom. The molecule has 1 aromatic carbocycles. The van der Waals surface area contributed by atoms with Gasteiger partial charge < -0.3 is 14.8 Å². The van der Waals surface area contributed by atoms with Gasteiger partial charge in [-0.2, -0.15) is 0 Å². The molecule has 3 heterocycles. The van der Waals surface area contributed by atoms with Gasteiger partial charge in [0.1, 0.15) is 11.7 Å². The maximum absolute atomic E-state index is 12.0. The number of benzene rings is 1. The lowest BCUT2D eigenvalue weighted by atomic mass is 9.87. The van der Waals surface area contributed by atoms with Crippen LogP contribution in [0.3, 0.4) is 0 Å². The van der Waals surface area contributed by atoms with E-state index in [2.05, 4.69) is 23.2 Å². The maximum Gasteiger partial charge on any atom is 0.338 e. The predicted octanol–water partition coefficient (Wildman–Crippen LogP) is 1.31. The highest BCUT2D eigenvalue weighted by molar-refractivity contribution is 5.92. The van der Waals surface area contributed by atoms with Gasteiger partial charge in [0.25, 0.3) is 0 Å². The Bertz CT molecular complexity index is 633. The second-order valence-corrected chi connectivity index (χ2v) is 7.16. The number of carbonyl (C=O) groups excluding carboxylic acids is 1. The number of cyclic esters (lactones) is 1. The van der Waals surface area contributed by atoms with Crippen molar-refractivity contribution in [2.75, 3.05) is 32.8 Å². The molecule has 3 atom stereocenters. The third-order valence-electron chi connectivity index (χ3n) is 5.32. The van der Waals surface area contributed by atoms with Crippen LogP contribution in [0.5, 0.6) is 0 Å². The SMILES string of the molecule is C[C@@H]1Cc2cc([C@]3(C)CN4CCNC[C@H]4CO3)ccc2C(=O)O1. The van der Waals surface area contributed by atoms with Gasteiger partial charge >= 0.3 is 5.97 Å². The summed E-state index contributed by atoms with van der Waals surface area (Å²) in [6.45, 7) is 8.87. The number of fused-ring (bicyclic) bond motifs is 2. The van der Waals surface area contributed by atoms with Crippen molar-refractivity contribution in [3.63, 3.8) is 0 Å². The minimum Gasteiger partial charge on any atom is -0.459 e. The normalized spacial score (nSPS) is 34.4. The molecule has 0 unspecified atom stereocenters. The van der Waals surface area contributed by atoms with Gasteiger partial charge in [-0.3, -0.25) is 4.90 Å². The third-order valence-corrected chi connectivity index (χ3v) is 5.32. The number of hydrogen-bond donors (Lipinski definition) is 1. The summed E-state index contributed by atoms with van der Waals surface area (Å²) in [5.74, 6) is -0.206. The molecule has 0 aromatic heterocycles. The van der Waals surface area contributed by atoms with Crippen LogP contribution in [-0.2, 0) is 21.5 Å². The first-order valence-corrected chi connectivity index (χ1v) is 8.48. The van der Waals surface area contributed by atoms with Gasteiger partial charge in [0.2, 0.25) is 0 Å². The van der Waals surface area contributed by atoms with E-state index in [1.54, 1.807) is 0 Å². The van der Waals surface area contributed by atoms with E-state index in [-0.39, 0.29) is 17.7 Å². The predicted molar refractivity (Wildman–Crippen MR) is 86.6 cm³/mol. The second-order valence-electron chi connectivity index (χ2n) is 7.16. The summed E-state index contributed by atoms with van der Waals surface area (Å²) >= 11 is 0. The van der Waals surface area contributed by atoms with Crippen LogP contribution in [0.15, 0.2) is 18.2 Å². The summed E-state index contributed by atoms with van der Waals surface area (Å²) in [5.41, 5.74) is 2.63. The number of ether oxygens (including phenoxy) is 2. The van der Waals surface area contributed by atoms with Crippen molar-refractivity contribution >= 4 is 5.97 Å². The molecule has 0 bridgehead atoms. The van der Waals surface area contributed by atoms with Gasteiger partial charge in [-0.05, 0) is 31.0 Å². The lowest BCUT2D eigenvalue weighted by Gasteiger charge is -2.47. The largest absolute Gasteiger partial charge is 0.459 e. The van der Waals surface area contributed by atoms with Crippen molar-refractivity contribution in [3.05, 3.63) is 34.9 Å². The average molecular weight is 316 g/mol. The van der Waals surface area contributed by atoms with Crippen molar-refractivity contribution in [3.8, 4) is 0 Å². The summed E-state index contributed by atoms with van der Waals surface area (Å²) in [4.78, 5) is 14.5. The molecule has 1 N–H and O–H groups in total. The van der Waals surface area contributed by atoms with E-state index in [0.717, 1.165) is 50.3 Å². The highest BCUT2D eigenvalue weighted by Gasteiger charge is 2.40. The van der Waals surface area contributed by atoms with Gasteiger partial charge in [0.15, 0.2) is 0 Å². The zero-order valence-electron chi connectivity index (χ0n) is 13.8. The summed E-state index contributed by atoms with van der Waals surface area (Å²) < 4.78 is 11.6. The Kier molecular flexibility index (Phi) is 3.67. The van der Waals surface area contributed by atoms with Crippen molar-refractivity contribution in [2.45, 2.75) is 38.0 Å². The van der Waals surface area contributed by atoms with E-state index in [1.807, 2.05) is 19.1 Å². The molecule has 5 heteroatoms. The van der Waals surface area contributed by atoms with Crippen molar-refractivity contribution < 1.29 is 14.3 Å². The van der Waals surface area contributed by atoms with Gasteiger partial charge in [-0.15, -0.1) is 0 Å². The molecular formula is C18H24N2O3. The standard InChI is InChI=1S/C18H24N2O3/c1-12-7-13-8-14(3-4-16(13)17(21)23-12)18(2)11-20-6-5-19-9-15(20)10-22-18/h3-4,8,12,15,19H,5-7,9-11H2,1-2H3/t12-,15+,18+/m1/s1. The van der Waals surface area contributed by atoms with E-state index in [1.165, 1.54) is 0 Å². The first-order valence-electron chi connectivity index (χ1n) is 8.48. The van der Waals surface area contributed by atoms with Crippen LogP contribution in [0.25, 0.3) is 0 Å². The van der Waals surface area contributed by atoms with Crippen LogP contribution in [0.2, 0.25) is 0 Å². The lowest BCUT2D eigenvalue weighted by molar-refractivity contribution is -0.134. The Morgan fingerprint density at radius 1 is 1.39 bits per heavy atom. The number of nitrogens with zero attached hydrogens (tertiary/aromatic N) is 1. The Labute approximate surface area is 136 Å². The fourth-order valence-corrected chi connectivity index (χ4v) is 3.95. The van der Waals surface area contributed by atoms with Gasteiger partial charge in [-0.25, -0.2) is 4.79 Å². The highest BCUT2D eigenvalue weighted by Crippen LogP contribution is 2.34. The third kappa shape index (κ3) is 2.67. The Morgan fingerprint density at radius 3 is 3.13 bits per heavy atom. The zero-order valence-corrected chi connectivity index (χ0v) is 13.8. The fraction of sp³-hybridized carbons (Fsp3) is 0.611. The highest BCUT2D eigenvalue weighted by atomic mass is 16.5. The molecule has 3 aliphatic rings.